The maximum absolute atomic E-state index is 12.3. The molecule has 1 aliphatic heterocycles. The van der Waals surface area contributed by atoms with Gasteiger partial charge in [-0.25, -0.2) is 0 Å². The highest BCUT2D eigenvalue weighted by atomic mass is 127. The summed E-state index contributed by atoms with van der Waals surface area (Å²) in [4.78, 5) is 14.2. The topological polar surface area (TPSA) is 20.3 Å². The van der Waals surface area contributed by atoms with E-state index in [1.807, 2.05) is 23.1 Å². The highest BCUT2D eigenvalue weighted by molar-refractivity contribution is 14.1. The number of halogens is 2. The van der Waals surface area contributed by atoms with Gasteiger partial charge in [0, 0.05) is 20.6 Å². The van der Waals surface area contributed by atoms with Crippen LogP contribution < -0.4 is 0 Å². The van der Waals surface area contributed by atoms with Gasteiger partial charge in [0.2, 0.25) is 0 Å². The molecule has 86 valence electrons. The third-order valence-electron chi connectivity index (χ3n) is 2.98. The van der Waals surface area contributed by atoms with Crippen LogP contribution in [0.2, 0.25) is 0 Å². The Hall–Kier alpha value is -0.100. The molecule has 1 aromatic carbocycles. The van der Waals surface area contributed by atoms with Crippen LogP contribution in [0.15, 0.2) is 22.7 Å². The van der Waals surface area contributed by atoms with E-state index < -0.39 is 0 Å². The molecule has 1 aliphatic rings. The number of carbonyl (C=O) groups is 1. The zero-order valence-corrected chi connectivity index (χ0v) is 12.8. The molecule has 16 heavy (non-hydrogen) atoms. The third kappa shape index (κ3) is 2.42. The first kappa shape index (κ1) is 12.4. The second-order valence-electron chi connectivity index (χ2n) is 4.11. The summed E-state index contributed by atoms with van der Waals surface area (Å²) in [6.45, 7) is 3.00. The summed E-state index contributed by atoms with van der Waals surface area (Å²) in [5, 5.41) is 0. The van der Waals surface area contributed by atoms with E-state index in [-0.39, 0.29) is 5.91 Å². The van der Waals surface area contributed by atoms with E-state index in [0.29, 0.717) is 6.04 Å². The van der Waals surface area contributed by atoms with Gasteiger partial charge in [-0.05, 0) is 76.5 Å². The first-order chi connectivity index (χ1) is 7.59. The number of likely N-dealkylation sites (tertiary alicyclic amines) is 1. The summed E-state index contributed by atoms with van der Waals surface area (Å²) >= 11 is 5.71. The molecule has 1 fully saturated rings. The fourth-order valence-corrected chi connectivity index (χ4v) is 3.52. The fraction of sp³-hybridized carbons (Fsp3) is 0.417. The van der Waals surface area contributed by atoms with Crippen molar-refractivity contribution in [3.8, 4) is 0 Å². The minimum Gasteiger partial charge on any atom is -0.336 e. The van der Waals surface area contributed by atoms with Crippen molar-refractivity contribution in [2.75, 3.05) is 6.54 Å². The lowest BCUT2D eigenvalue weighted by Crippen LogP contribution is -2.33. The van der Waals surface area contributed by atoms with Crippen molar-refractivity contribution in [1.29, 1.82) is 0 Å². The maximum atomic E-state index is 12.3. The van der Waals surface area contributed by atoms with E-state index in [0.717, 1.165) is 33.0 Å². The molecule has 1 aromatic rings. The molecule has 0 aromatic heterocycles. The lowest BCUT2D eigenvalue weighted by molar-refractivity contribution is 0.0746. The van der Waals surface area contributed by atoms with Crippen molar-refractivity contribution in [2.45, 2.75) is 25.8 Å². The monoisotopic (exact) mass is 393 g/mol. The van der Waals surface area contributed by atoms with Crippen LogP contribution >= 0.6 is 38.5 Å². The summed E-state index contributed by atoms with van der Waals surface area (Å²) in [5.41, 5.74) is 0.772. The SMILES string of the molecule is C[C@@H]1CCCN1C(=O)c1ccc(I)cc1Br. The molecule has 0 radical (unpaired) electrons. The van der Waals surface area contributed by atoms with Crippen molar-refractivity contribution >= 4 is 44.4 Å². The first-order valence-corrected chi connectivity index (χ1v) is 7.23. The van der Waals surface area contributed by atoms with Gasteiger partial charge in [-0.15, -0.1) is 0 Å². The van der Waals surface area contributed by atoms with E-state index in [4.69, 9.17) is 0 Å². The van der Waals surface area contributed by atoms with Crippen LogP contribution in [0.5, 0.6) is 0 Å². The van der Waals surface area contributed by atoms with Gasteiger partial charge in [-0.2, -0.15) is 0 Å². The standard InChI is InChI=1S/C12H13BrINO/c1-8-3-2-6-15(8)12(16)10-5-4-9(14)7-11(10)13/h4-5,7-8H,2-3,6H2,1H3/t8-/m1/s1. The van der Waals surface area contributed by atoms with Crippen LogP contribution in [0.4, 0.5) is 0 Å². The lowest BCUT2D eigenvalue weighted by Gasteiger charge is -2.22. The minimum atomic E-state index is 0.147. The Kier molecular flexibility index (Phi) is 3.89. The van der Waals surface area contributed by atoms with Crippen LogP contribution in [0, 0.1) is 3.57 Å². The molecule has 1 amide bonds. The van der Waals surface area contributed by atoms with Gasteiger partial charge >= 0.3 is 0 Å². The Morgan fingerprint density at radius 3 is 2.88 bits per heavy atom. The van der Waals surface area contributed by atoms with Crippen molar-refractivity contribution in [3.05, 3.63) is 31.8 Å². The van der Waals surface area contributed by atoms with Crippen molar-refractivity contribution < 1.29 is 4.79 Å². The quantitative estimate of drug-likeness (QED) is 0.666. The van der Waals surface area contributed by atoms with Gasteiger partial charge in [-0.1, -0.05) is 0 Å². The fourth-order valence-electron chi connectivity index (χ4n) is 2.05. The number of amides is 1. The van der Waals surface area contributed by atoms with Crippen molar-refractivity contribution in [2.24, 2.45) is 0 Å². The molecule has 1 heterocycles. The zero-order valence-electron chi connectivity index (χ0n) is 9.04. The molecule has 0 N–H and O–H groups in total. The predicted octanol–water partition coefficient (Wildman–Crippen LogP) is 3.68. The minimum absolute atomic E-state index is 0.147. The lowest BCUT2D eigenvalue weighted by atomic mass is 10.2. The van der Waals surface area contributed by atoms with Crippen LogP contribution in [-0.4, -0.2) is 23.4 Å². The summed E-state index contributed by atoms with van der Waals surface area (Å²) in [6.07, 6.45) is 2.24. The average Bonchev–Trinajstić information content (AvgIpc) is 2.63. The number of hydrogen-bond acceptors (Lipinski definition) is 1. The molecule has 0 unspecified atom stereocenters. The normalized spacial score (nSPS) is 20.2. The second kappa shape index (κ2) is 5.04. The highest BCUT2D eigenvalue weighted by Gasteiger charge is 2.26. The van der Waals surface area contributed by atoms with Gasteiger partial charge in [0.05, 0.1) is 5.56 Å². The van der Waals surface area contributed by atoms with Crippen LogP contribution in [0.25, 0.3) is 0 Å². The highest BCUT2D eigenvalue weighted by Crippen LogP contribution is 2.25. The van der Waals surface area contributed by atoms with Gasteiger partial charge in [0.15, 0.2) is 0 Å². The zero-order chi connectivity index (χ0) is 11.7. The first-order valence-electron chi connectivity index (χ1n) is 5.35. The Morgan fingerprint density at radius 2 is 2.31 bits per heavy atom. The molecule has 4 heteroatoms. The summed E-state index contributed by atoms with van der Waals surface area (Å²) < 4.78 is 2.03. The number of carbonyl (C=O) groups excluding carboxylic acids is 1. The summed E-state index contributed by atoms with van der Waals surface area (Å²) in [6, 6.07) is 6.23. The molecular formula is C12H13BrINO. The van der Waals surface area contributed by atoms with E-state index in [1.165, 1.54) is 0 Å². The predicted molar refractivity (Wildman–Crippen MR) is 76.6 cm³/mol. The summed E-state index contributed by atoms with van der Waals surface area (Å²) in [5.74, 6) is 0.147. The van der Waals surface area contributed by atoms with Crippen molar-refractivity contribution in [3.63, 3.8) is 0 Å². The maximum Gasteiger partial charge on any atom is 0.255 e. The molecule has 2 rings (SSSR count). The van der Waals surface area contributed by atoms with Gasteiger partial charge in [-0.3, -0.25) is 4.79 Å². The molecule has 0 saturated carbocycles. The molecule has 0 aliphatic carbocycles. The average molecular weight is 394 g/mol. The smallest absolute Gasteiger partial charge is 0.255 e. The molecule has 0 bridgehead atoms. The van der Waals surface area contributed by atoms with Gasteiger partial charge in [0.25, 0.3) is 5.91 Å². The van der Waals surface area contributed by atoms with Crippen LogP contribution in [-0.2, 0) is 0 Å². The number of rotatable bonds is 1. The molecule has 1 atom stereocenters. The molecule has 0 spiro atoms. The molecule has 1 saturated heterocycles. The Morgan fingerprint density at radius 1 is 1.56 bits per heavy atom. The van der Waals surface area contributed by atoms with E-state index >= 15 is 0 Å². The van der Waals surface area contributed by atoms with Gasteiger partial charge < -0.3 is 4.90 Å². The largest absolute Gasteiger partial charge is 0.336 e. The molecule has 2 nitrogen and oxygen atoms in total. The number of nitrogens with zero attached hydrogens (tertiary/aromatic N) is 1. The number of benzene rings is 1. The van der Waals surface area contributed by atoms with E-state index in [9.17, 15) is 4.79 Å². The third-order valence-corrected chi connectivity index (χ3v) is 4.30. The Balaban J connectivity index is 2.27. The van der Waals surface area contributed by atoms with Crippen molar-refractivity contribution in [1.82, 2.24) is 4.90 Å². The number of hydrogen-bond donors (Lipinski definition) is 0. The Labute approximate surface area is 118 Å². The summed E-state index contributed by atoms with van der Waals surface area (Å²) in [7, 11) is 0. The Bertz CT molecular complexity index is 421. The van der Waals surface area contributed by atoms with E-state index in [1.54, 1.807) is 0 Å². The second-order valence-corrected chi connectivity index (χ2v) is 6.21. The van der Waals surface area contributed by atoms with Crippen LogP contribution in [0.3, 0.4) is 0 Å². The molecular weight excluding hydrogens is 381 g/mol. The van der Waals surface area contributed by atoms with E-state index in [2.05, 4.69) is 45.4 Å². The van der Waals surface area contributed by atoms with Gasteiger partial charge in [0.1, 0.15) is 0 Å². The van der Waals surface area contributed by atoms with Crippen LogP contribution in [0.1, 0.15) is 30.1 Å².